The van der Waals surface area contributed by atoms with E-state index in [1.165, 1.54) is 0 Å². The Morgan fingerprint density at radius 1 is 1.73 bits per heavy atom. The van der Waals surface area contributed by atoms with Crippen LogP contribution < -0.4 is 0 Å². The highest BCUT2D eigenvalue weighted by Gasteiger charge is 2.23. The molecule has 0 aromatic heterocycles. The smallest absolute Gasteiger partial charge is 0.168 e. The largest absolute Gasteiger partial charge is 0.421 e. The Labute approximate surface area is 70.8 Å². The Hall–Kier alpha value is -0.443. The van der Waals surface area contributed by atoms with Crippen molar-refractivity contribution in [1.82, 2.24) is 0 Å². The van der Waals surface area contributed by atoms with E-state index >= 15 is 0 Å². The van der Waals surface area contributed by atoms with Crippen LogP contribution in [0.25, 0.3) is 0 Å². The Morgan fingerprint density at radius 2 is 2.27 bits per heavy atom. The van der Waals surface area contributed by atoms with Crippen molar-refractivity contribution in [2.45, 2.75) is 32.7 Å². The molecular weight excluding hydrogens is 154 g/mol. The molecule has 0 aromatic rings. The van der Waals surface area contributed by atoms with Crippen molar-refractivity contribution in [3.63, 3.8) is 0 Å². The highest BCUT2D eigenvalue weighted by Crippen LogP contribution is 2.33. The zero-order chi connectivity index (χ0) is 8.91. The molecule has 11 heavy (non-hydrogen) atoms. The van der Waals surface area contributed by atoms with Crippen LogP contribution >= 0.6 is 0 Å². The zero-order valence-electron chi connectivity index (χ0n) is 7.54. The predicted octanol–water partition coefficient (Wildman–Crippen LogP) is 2.41. The third-order valence-electron chi connectivity index (χ3n) is 2.17. The summed E-state index contributed by atoms with van der Waals surface area (Å²) in [7, 11) is -0.198. The van der Waals surface area contributed by atoms with Gasteiger partial charge in [-0.15, -0.1) is 6.58 Å². The molecule has 1 atom stereocenters. The summed E-state index contributed by atoms with van der Waals surface area (Å²) in [6, 6.07) is 0. The summed E-state index contributed by atoms with van der Waals surface area (Å²) in [5, 5.41) is 8.45. The Kier molecular flexibility index (Phi) is 4.26. The third kappa shape index (κ3) is 2.97. The molecule has 1 N–H and O–H groups in total. The lowest BCUT2D eigenvalue weighted by atomic mass is 9.88. The fourth-order valence-corrected chi connectivity index (χ4v) is 1.95. The normalized spacial score (nSPS) is 15.2. The molecule has 0 aliphatic carbocycles. The molecular formula is C8H17NOSi. The van der Waals surface area contributed by atoms with Crippen LogP contribution in [0.4, 0.5) is 0 Å². The number of allylic oxidation sites excluding steroid dienone is 1. The lowest BCUT2D eigenvalue weighted by Crippen LogP contribution is -2.17. The van der Waals surface area contributed by atoms with Crippen LogP contribution in [0.3, 0.4) is 0 Å². The van der Waals surface area contributed by atoms with Gasteiger partial charge in [0.15, 0.2) is 9.31 Å². The third-order valence-corrected chi connectivity index (χ3v) is 3.99. The van der Waals surface area contributed by atoms with Crippen LogP contribution in [0.2, 0.25) is 5.54 Å². The number of rotatable bonds is 4. The van der Waals surface area contributed by atoms with Gasteiger partial charge in [0.05, 0.1) is 0 Å². The Bertz CT molecular complexity index is 154. The van der Waals surface area contributed by atoms with Gasteiger partial charge >= 0.3 is 0 Å². The average molecular weight is 171 g/mol. The quantitative estimate of drug-likeness (QED) is 0.393. The van der Waals surface area contributed by atoms with Gasteiger partial charge in [0, 0.05) is 0 Å². The monoisotopic (exact) mass is 171 g/mol. The molecule has 0 radical (unpaired) electrons. The molecule has 0 rings (SSSR count). The number of hydrogen-bond donors (Lipinski definition) is 1. The maximum absolute atomic E-state index is 8.45. The highest BCUT2D eigenvalue weighted by atomic mass is 28.2. The topological polar surface area (TPSA) is 32.6 Å². The lowest BCUT2D eigenvalue weighted by molar-refractivity contribution is 0.319. The van der Waals surface area contributed by atoms with Crippen molar-refractivity contribution in [3.8, 4) is 0 Å². The molecule has 0 saturated heterocycles. The summed E-state index contributed by atoms with van der Waals surface area (Å²) in [5.74, 6) is 0. The van der Waals surface area contributed by atoms with Crippen LogP contribution in [-0.2, 0) is 0 Å². The highest BCUT2D eigenvalue weighted by molar-refractivity contribution is 6.24. The first-order valence-electron chi connectivity index (χ1n) is 3.89. The fraction of sp³-hybridized carbons (Fsp3) is 0.750. The molecule has 0 fully saturated rings. The predicted molar refractivity (Wildman–Crippen MR) is 49.4 cm³/mol. The molecule has 2 nitrogen and oxygen atoms in total. The number of nitrogens with zero attached hydrogens (tertiary/aromatic N) is 1. The lowest BCUT2D eigenvalue weighted by Gasteiger charge is -2.26. The van der Waals surface area contributed by atoms with E-state index in [1.54, 1.807) is 0 Å². The summed E-state index contributed by atoms with van der Waals surface area (Å²) < 4.78 is 0. The molecule has 0 amide bonds. The van der Waals surface area contributed by atoms with Gasteiger partial charge in [-0.05, 0) is 11.0 Å². The van der Waals surface area contributed by atoms with Crippen LogP contribution in [0.5, 0.6) is 0 Å². The number of hydrogen-bond acceptors (Lipinski definition) is 2. The summed E-state index contributed by atoms with van der Waals surface area (Å²) in [6.07, 6.45) is 3.00. The zero-order valence-corrected chi connectivity index (χ0v) is 8.70. The van der Waals surface area contributed by atoms with Crippen molar-refractivity contribution in [2.24, 2.45) is 10.2 Å². The minimum absolute atomic E-state index is 0.107. The molecule has 0 saturated carbocycles. The van der Waals surface area contributed by atoms with E-state index in [9.17, 15) is 0 Å². The SMILES string of the molecule is C=CC(C)(C)C(CC)[SiH]=NO. The van der Waals surface area contributed by atoms with E-state index < -0.39 is 0 Å². The van der Waals surface area contributed by atoms with Crippen LogP contribution in [0, 0.1) is 5.41 Å². The van der Waals surface area contributed by atoms with Gasteiger partial charge in [0.25, 0.3) is 0 Å². The minimum Gasteiger partial charge on any atom is -0.421 e. The van der Waals surface area contributed by atoms with E-state index in [1.807, 2.05) is 6.08 Å². The molecule has 3 heteroatoms. The van der Waals surface area contributed by atoms with Gasteiger partial charge in [-0.2, -0.15) is 4.80 Å². The van der Waals surface area contributed by atoms with Crippen LogP contribution in [0.15, 0.2) is 17.5 Å². The second-order valence-electron chi connectivity index (χ2n) is 3.30. The van der Waals surface area contributed by atoms with E-state index in [4.69, 9.17) is 5.21 Å². The van der Waals surface area contributed by atoms with E-state index in [2.05, 4.69) is 32.1 Å². The summed E-state index contributed by atoms with van der Waals surface area (Å²) in [5.41, 5.74) is 0.584. The van der Waals surface area contributed by atoms with Crippen LogP contribution in [0.1, 0.15) is 27.2 Å². The van der Waals surface area contributed by atoms with Crippen molar-refractivity contribution < 1.29 is 5.21 Å². The van der Waals surface area contributed by atoms with Crippen LogP contribution in [-0.4, -0.2) is 14.5 Å². The van der Waals surface area contributed by atoms with Crippen molar-refractivity contribution >= 4 is 9.31 Å². The van der Waals surface area contributed by atoms with Gasteiger partial charge in [-0.25, -0.2) is 0 Å². The molecule has 0 aliphatic rings. The summed E-state index contributed by atoms with van der Waals surface area (Å²) in [6.45, 7) is 10.2. The molecule has 0 aromatic carbocycles. The second-order valence-corrected chi connectivity index (χ2v) is 4.64. The van der Waals surface area contributed by atoms with Gasteiger partial charge in [-0.3, -0.25) is 0 Å². The van der Waals surface area contributed by atoms with E-state index in [0.29, 0.717) is 5.54 Å². The van der Waals surface area contributed by atoms with Crippen molar-refractivity contribution in [3.05, 3.63) is 12.7 Å². The summed E-state index contributed by atoms with van der Waals surface area (Å²) in [4.78, 5) is 3.26. The van der Waals surface area contributed by atoms with Gasteiger partial charge in [0.1, 0.15) is 0 Å². The van der Waals surface area contributed by atoms with E-state index in [0.717, 1.165) is 6.42 Å². The van der Waals surface area contributed by atoms with Gasteiger partial charge in [0.2, 0.25) is 0 Å². The summed E-state index contributed by atoms with van der Waals surface area (Å²) >= 11 is 0. The standard InChI is InChI=1S/C8H17NOSi/c1-5-7(11-9-10)8(3,4)6-2/h6-7,10-11H,2,5H2,1,3-4H3. The molecule has 0 aliphatic heterocycles. The molecule has 1 unspecified atom stereocenters. The van der Waals surface area contributed by atoms with Gasteiger partial charge in [-0.1, -0.05) is 33.3 Å². The first kappa shape index (κ1) is 10.6. The van der Waals surface area contributed by atoms with Crippen molar-refractivity contribution in [1.29, 1.82) is 0 Å². The van der Waals surface area contributed by atoms with Crippen molar-refractivity contribution in [2.75, 3.05) is 0 Å². The first-order valence-corrected chi connectivity index (χ1v) is 5.08. The molecule has 0 spiro atoms. The van der Waals surface area contributed by atoms with Gasteiger partial charge < -0.3 is 5.21 Å². The van der Waals surface area contributed by atoms with E-state index in [-0.39, 0.29) is 14.7 Å². The molecule has 64 valence electrons. The Balaban J connectivity index is 4.35. The first-order chi connectivity index (χ1) is 5.08. The molecule has 0 heterocycles. The fourth-order valence-electron chi connectivity index (χ4n) is 1.06. The minimum atomic E-state index is -0.198. The maximum atomic E-state index is 8.45. The Morgan fingerprint density at radius 3 is 2.55 bits per heavy atom. The average Bonchev–Trinajstić information content (AvgIpc) is 2.00. The maximum Gasteiger partial charge on any atom is 0.168 e. The second kappa shape index (κ2) is 4.44. The molecule has 0 bridgehead atoms.